The highest BCUT2D eigenvalue weighted by Crippen LogP contribution is 2.54. The summed E-state index contributed by atoms with van der Waals surface area (Å²) in [7, 11) is 4.31. The molecule has 24 heavy (non-hydrogen) atoms. The quantitative estimate of drug-likeness (QED) is 0.833. The molecule has 0 radical (unpaired) electrons. The number of hydrogen-bond acceptors (Lipinski definition) is 6. The summed E-state index contributed by atoms with van der Waals surface area (Å²) in [5.41, 5.74) is -1.19. The van der Waals surface area contributed by atoms with E-state index in [1.807, 2.05) is 0 Å². The Labute approximate surface area is 144 Å². The normalized spacial score (nSPS) is 25.2. The number of ether oxygens (including phenoxy) is 4. The van der Waals surface area contributed by atoms with E-state index in [9.17, 15) is 9.59 Å². The lowest BCUT2D eigenvalue weighted by atomic mass is 9.75. The highest BCUT2D eigenvalue weighted by atomic mass is 35.5. The molecule has 2 atom stereocenters. The van der Waals surface area contributed by atoms with E-state index >= 15 is 0 Å². The van der Waals surface area contributed by atoms with Crippen LogP contribution in [0.2, 0.25) is 5.02 Å². The van der Waals surface area contributed by atoms with Gasteiger partial charge in [0.2, 0.25) is 11.4 Å². The van der Waals surface area contributed by atoms with E-state index in [0.29, 0.717) is 11.5 Å². The van der Waals surface area contributed by atoms with E-state index < -0.39 is 11.5 Å². The Morgan fingerprint density at radius 2 is 1.83 bits per heavy atom. The number of fused-ring (bicyclic) bond motifs is 1. The number of Topliss-reactive ketones (excluding diaryl/α,β-unsaturated/α-hetero) is 1. The molecular formula is C17H17ClO6. The molecule has 2 aliphatic rings. The summed E-state index contributed by atoms with van der Waals surface area (Å²) >= 11 is 6.33. The summed E-state index contributed by atoms with van der Waals surface area (Å²) in [5.74, 6) is 0.107. The van der Waals surface area contributed by atoms with Gasteiger partial charge in [-0.1, -0.05) is 18.5 Å². The molecule has 6 nitrogen and oxygen atoms in total. The number of allylic oxidation sites excluding steroid dienone is 1. The lowest BCUT2D eigenvalue weighted by Crippen LogP contribution is -2.51. The summed E-state index contributed by atoms with van der Waals surface area (Å²) < 4.78 is 21.9. The maximum Gasteiger partial charge on any atom is 0.231 e. The molecule has 0 N–H and O–H groups in total. The first kappa shape index (κ1) is 16.6. The zero-order valence-corrected chi connectivity index (χ0v) is 14.5. The first-order chi connectivity index (χ1) is 11.4. The minimum absolute atomic E-state index is 0.118. The van der Waals surface area contributed by atoms with Gasteiger partial charge < -0.3 is 18.9 Å². The third-order valence-electron chi connectivity index (χ3n) is 4.50. The zero-order chi connectivity index (χ0) is 17.6. The molecule has 1 aromatic carbocycles. The summed E-state index contributed by atoms with van der Waals surface area (Å²) in [6.45, 7) is 1.77. The topological polar surface area (TPSA) is 71.1 Å². The van der Waals surface area contributed by atoms with E-state index in [1.165, 1.54) is 33.5 Å². The molecule has 0 fully saturated rings. The van der Waals surface area contributed by atoms with Crippen molar-refractivity contribution >= 4 is 23.2 Å². The van der Waals surface area contributed by atoms with Crippen molar-refractivity contribution in [2.24, 2.45) is 5.92 Å². The molecule has 3 rings (SSSR count). The maximum atomic E-state index is 13.3. The molecule has 1 aliphatic heterocycles. The second-order valence-corrected chi connectivity index (χ2v) is 6.13. The van der Waals surface area contributed by atoms with Gasteiger partial charge in [0.15, 0.2) is 17.3 Å². The predicted molar refractivity (Wildman–Crippen MR) is 86.1 cm³/mol. The van der Waals surface area contributed by atoms with Gasteiger partial charge in [0.25, 0.3) is 0 Å². The molecule has 0 unspecified atom stereocenters. The Morgan fingerprint density at radius 3 is 2.42 bits per heavy atom. The van der Waals surface area contributed by atoms with Gasteiger partial charge in [-0.2, -0.15) is 0 Å². The Bertz CT molecular complexity index is 769. The molecule has 1 aliphatic carbocycles. The van der Waals surface area contributed by atoms with Gasteiger partial charge in [-0.05, 0) is 0 Å². The van der Waals surface area contributed by atoms with Crippen LogP contribution < -0.4 is 14.2 Å². The first-order valence-electron chi connectivity index (χ1n) is 7.38. The second kappa shape index (κ2) is 5.70. The van der Waals surface area contributed by atoms with Crippen molar-refractivity contribution < 1.29 is 28.5 Å². The standard InChI is InChI=1S/C17H17ClO6/c1-8-5-9(19)6-12(23-4)17(8)16(20)13-10(21-2)7-11(22-3)14(18)15(13)24-17/h6-8H,5H2,1-4H3/t8-,17-/m0/s1. The number of ketones is 2. The lowest BCUT2D eigenvalue weighted by molar-refractivity contribution is -0.118. The summed E-state index contributed by atoms with van der Waals surface area (Å²) in [6, 6.07) is 1.54. The van der Waals surface area contributed by atoms with Gasteiger partial charge in [-0.25, -0.2) is 0 Å². The van der Waals surface area contributed by atoms with Gasteiger partial charge in [-0.15, -0.1) is 0 Å². The van der Waals surface area contributed by atoms with Gasteiger partial charge in [0.1, 0.15) is 22.1 Å². The van der Waals surface area contributed by atoms with Crippen LogP contribution in [0.15, 0.2) is 17.9 Å². The number of halogens is 1. The fraction of sp³-hybridized carbons (Fsp3) is 0.412. The number of methoxy groups -OCH3 is 3. The number of rotatable bonds is 3. The van der Waals surface area contributed by atoms with Crippen molar-refractivity contribution in [2.45, 2.75) is 18.9 Å². The molecule has 0 aromatic heterocycles. The van der Waals surface area contributed by atoms with Gasteiger partial charge in [0.05, 0.1) is 21.3 Å². The van der Waals surface area contributed by atoms with Crippen LogP contribution in [0, 0.1) is 5.92 Å². The molecule has 0 bridgehead atoms. The zero-order valence-electron chi connectivity index (χ0n) is 13.8. The Kier molecular flexibility index (Phi) is 3.95. The lowest BCUT2D eigenvalue weighted by Gasteiger charge is -2.36. The number of carbonyl (C=O) groups is 2. The number of carbonyl (C=O) groups excluding carboxylic acids is 2. The Morgan fingerprint density at radius 1 is 1.17 bits per heavy atom. The van der Waals surface area contributed by atoms with E-state index in [1.54, 1.807) is 6.92 Å². The smallest absolute Gasteiger partial charge is 0.231 e. The molecule has 7 heteroatoms. The number of benzene rings is 1. The van der Waals surface area contributed by atoms with Crippen molar-refractivity contribution in [3.8, 4) is 17.2 Å². The van der Waals surface area contributed by atoms with Gasteiger partial charge in [0, 0.05) is 24.5 Å². The highest BCUT2D eigenvalue weighted by molar-refractivity contribution is 6.35. The SMILES string of the molecule is COC1=CC(=O)C[C@H](C)[C@]12Oc1c(Cl)c(OC)cc(OC)c1C2=O. The van der Waals surface area contributed by atoms with Crippen LogP contribution in [0.5, 0.6) is 17.2 Å². The molecule has 0 saturated heterocycles. The monoisotopic (exact) mass is 352 g/mol. The minimum Gasteiger partial charge on any atom is -0.496 e. The molecule has 1 spiro atoms. The van der Waals surface area contributed by atoms with Crippen LogP contribution in [0.3, 0.4) is 0 Å². The van der Waals surface area contributed by atoms with E-state index in [-0.39, 0.29) is 40.1 Å². The molecular weight excluding hydrogens is 336 g/mol. The molecule has 0 saturated carbocycles. The third-order valence-corrected chi connectivity index (χ3v) is 4.86. The fourth-order valence-electron chi connectivity index (χ4n) is 3.30. The fourth-order valence-corrected chi connectivity index (χ4v) is 3.56. The summed E-state index contributed by atoms with van der Waals surface area (Å²) in [5, 5.41) is 0.179. The van der Waals surface area contributed by atoms with Crippen LogP contribution in [-0.2, 0) is 9.53 Å². The van der Waals surface area contributed by atoms with Crippen LogP contribution in [-0.4, -0.2) is 38.5 Å². The third kappa shape index (κ3) is 2.02. The first-order valence-corrected chi connectivity index (χ1v) is 7.75. The maximum absolute atomic E-state index is 13.3. The summed E-state index contributed by atoms with van der Waals surface area (Å²) in [6.07, 6.45) is 1.48. The summed E-state index contributed by atoms with van der Waals surface area (Å²) in [4.78, 5) is 25.1. The van der Waals surface area contributed by atoms with Gasteiger partial charge >= 0.3 is 0 Å². The molecule has 1 heterocycles. The predicted octanol–water partition coefficient (Wildman–Crippen LogP) is 2.81. The second-order valence-electron chi connectivity index (χ2n) is 5.75. The molecule has 0 amide bonds. The van der Waals surface area contributed by atoms with Crippen molar-refractivity contribution in [1.29, 1.82) is 0 Å². The van der Waals surface area contributed by atoms with Gasteiger partial charge in [-0.3, -0.25) is 9.59 Å². The van der Waals surface area contributed by atoms with Crippen molar-refractivity contribution in [2.75, 3.05) is 21.3 Å². The van der Waals surface area contributed by atoms with Crippen molar-refractivity contribution in [1.82, 2.24) is 0 Å². The van der Waals surface area contributed by atoms with E-state index in [0.717, 1.165) is 0 Å². The Balaban J connectivity index is 2.26. The van der Waals surface area contributed by atoms with Crippen molar-refractivity contribution in [3.05, 3.63) is 28.5 Å². The van der Waals surface area contributed by atoms with Crippen molar-refractivity contribution in [3.63, 3.8) is 0 Å². The van der Waals surface area contributed by atoms with E-state index in [2.05, 4.69) is 0 Å². The molecule has 128 valence electrons. The largest absolute Gasteiger partial charge is 0.496 e. The average molecular weight is 353 g/mol. The molecule has 1 aromatic rings. The Hall–Kier alpha value is -2.21. The minimum atomic E-state index is -1.42. The van der Waals surface area contributed by atoms with Crippen LogP contribution >= 0.6 is 11.6 Å². The van der Waals surface area contributed by atoms with Crippen LogP contribution in [0.25, 0.3) is 0 Å². The van der Waals surface area contributed by atoms with Crippen LogP contribution in [0.1, 0.15) is 23.7 Å². The average Bonchev–Trinajstić information content (AvgIpc) is 2.87. The number of hydrogen-bond donors (Lipinski definition) is 0. The highest BCUT2D eigenvalue weighted by Gasteiger charge is 2.59. The van der Waals surface area contributed by atoms with Crippen LogP contribution in [0.4, 0.5) is 0 Å². The van der Waals surface area contributed by atoms with E-state index in [4.69, 9.17) is 30.5 Å².